The fourth-order valence-corrected chi connectivity index (χ4v) is 4.52. The Balaban J connectivity index is 2.05. The van der Waals surface area contributed by atoms with Crippen LogP contribution in [-0.4, -0.2) is 52.0 Å². The summed E-state index contributed by atoms with van der Waals surface area (Å²) in [6.45, 7) is 0. The molecule has 3 aromatic rings. The highest BCUT2D eigenvalue weighted by molar-refractivity contribution is 7.90. The molecule has 172 valence electrons. The molecule has 0 spiro atoms. The van der Waals surface area contributed by atoms with Crippen molar-refractivity contribution in [2.75, 3.05) is 6.26 Å². The molecule has 0 bridgehead atoms. The lowest BCUT2D eigenvalue weighted by Crippen LogP contribution is -2.15. The lowest BCUT2D eigenvalue weighted by Gasteiger charge is -2.15. The molecule has 0 aliphatic rings. The smallest absolute Gasteiger partial charge is 0.346 e. The van der Waals surface area contributed by atoms with Crippen LogP contribution >= 0.6 is 11.6 Å². The molecule has 2 heterocycles. The first kappa shape index (κ1) is 24.3. The fourth-order valence-electron chi connectivity index (χ4n) is 3.19. The number of halogens is 1. The molecule has 1 N–H and O–H groups in total. The van der Waals surface area contributed by atoms with Gasteiger partial charge in [-0.25, -0.2) is 17.9 Å². The van der Waals surface area contributed by atoms with Gasteiger partial charge < -0.3 is 14.4 Å². The largest absolute Gasteiger partial charge is 0.403 e. The lowest BCUT2D eigenvalue weighted by atomic mass is 10.00. The van der Waals surface area contributed by atoms with Gasteiger partial charge in [-0.1, -0.05) is 17.5 Å². The predicted octanol–water partition coefficient (Wildman–Crippen LogP) is 1.80. The normalized spacial score (nSPS) is 12.2. The maximum absolute atomic E-state index is 13.3. The molecule has 0 radical (unpaired) electrons. The van der Waals surface area contributed by atoms with Crippen molar-refractivity contribution >= 4 is 33.2 Å². The molecule has 0 fully saturated rings. The Morgan fingerprint density at radius 1 is 1.27 bits per heavy atom. The van der Waals surface area contributed by atoms with Crippen LogP contribution in [0.4, 0.5) is 0 Å². The number of rotatable bonds is 7. The van der Waals surface area contributed by atoms with Crippen molar-refractivity contribution in [2.24, 2.45) is 14.1 Å². The second kappa shape index (κ2) is 9.23. The number of carbonyl (C=O) groups excluding carboxylic acids is 2. The monoisotopic (exact) mass is 489 g/mol. The van der Waals surface area contributed by atoms with E-state index >= 15 is 0 Å². The molecule has 9 nitrogen and oxygen atoms in total. The average Bonchev–Trinajstić information content (AvgIpc) is 3.34. The molecule has 1 unspecified atom stereocenters. The lowest BCUT2D eigenvalue weighted by molar-refractivity contribution is 0.0718. The van der Waals surface area contributed by atoms with Gasteiger partial charge in [-0.05, 0) is 23.8 Å². The number of aryl methyl sites for hydroxylation is 2. The van der Waals surface area contributed by atoms with Crippen molar-refractivity contribution in [1.82, 2.24) is 14.3 Å². The van der Waals surface area contributed by atoms with E-state index in [0.29, 0.717) is 0 Å². The molecule has 2 aromatic heterocycles. The molecular weight excluding hydrogens is 470 g/mol. The topological polar surface area (TPSA) is 120 Å². The van der Waals surface area contributed by atoms with E-state index < -0.39 is 27.7 Å². The van der Waals surface area contributed by atoms with Gasteiger partial charge in [0, 0.05) is 44.7 Å². The van der Waals surface area contributed by atoms with Crippen LogP contribution in [0.15, 0.2) is 41.7 Å². The number of sulfone groups is 1. The molecule has 0 saturated heterocycles. The first-order chi connectivity index (χ1) is 15.4. The van der Waals surface area contributed by atoms with Gasteiger partial charge in [0.2, 0.25) is 11.7 Å². The number of ether oxygens (including phenoxy) is 1. The third kappa shape index (κ3) is 5.01. The SMILES string of the molecule is C#CC(O)Cc1c(S(C)(=O)=O)ccc(C(=O)c2cnn(C)c2OC(=O)c2ccn(C)c2)c1Cl. The van der Waals surface area contributed by atoms with Crippen molar-refractivity contribution in [3.05, 3.63) is 64.1 Å². The van der Waals surface area contributed by atoms with Gasteiger partial charge in [-0.2, -0.15) is 5.10 Å². The van der Waals surface area contributed by atoms with Gasteiger partial charge in [0.1, 0.15) is 11.7 Å². The number of carbonyl (C=O) groups is 2. The summed E-state index contributed by atoms with van der Waals surface area (Å²) in [6, 6.07) is 4.03. The number of nitrogens with zero attached hydrogens (tertiary/aromatic N) is 3. The van der Waals surface area contributed by atoms with Crippen LogP contribution in [0.25, 0.3) is 0 Å². The Morgan fingerprint density at radius 2 is 1.97 bits per heavy atom. The molecule has 3 rings (SSSR count). The van der Waals surface area contributed by atoms with E-state index in [0.717, 1.165) is 6.26 Å². The number of terminal acetylenes is 1. The average molecular weight is 490 g/mol. The highest BCUT2D eigenvalue weighted by Crippen LogP contribution is 2.32. The molecule has 1 aromatic carbocycles. The number of hydrogen-bond acceptors (Lipinski definition) is 7. The van der Waals surface area contributed by atoms with Gasteiger partial charge in [0.25, 0.3) is 0 Å². The van der Waals surface area contributed by atoms with Crippen molar-refractivity contribution in [3.63, 3.8) is 0 Å². The van der Waals surface area contributed by atoms with Crippen molar-refractivity contribution in [1.29, 1.82) is 0 Å². The molecule has 1 atom stereocenters. The standard InChI is InChI=1S/C22H20ClN3O6S/c1-5-14(27)10-16-18(33(4,30)31)7-6-15(19(16)23)20(28)17-11-24-26(3)21(17)32-22(29)13-8-9-25(2)12-13/h1,6-9,11-12,14,27H,10H2,2-4H3. The minimum atomic E-state index is -3.73. The van der Waals surface area contributed by atoms with Crippen molar-refractivity contribution < 1.29 is 27.9 Å². The maximum atomic E-state index is 13.3. The van der Waals surface area contributed by atoms with E-state index in [9.17, 15) is 23.1 Å². The summed E-state index contributed by atoms with van der Waals surface area (Å²) in [4.78, 5) is 25.6. The van der Waals surface area contributed by atoms with Gasteiger partial charge in [0.05, 0.1) is 21.7 Å². The van der Waals surface area contributed by atoms with Crippen molar-refractivity contribution in [2.45, 2.75) is 17.4 Å². The summed E-state index contributed by atoms with van der Waals surface area (Å²) in [6.07, 6.45) is 9.05. The van der Waals surface area contributed by atoms with E-state index in [1.807, 2.05) is 0 Å². The molecule has 0 aliphatic carbocycles. The maximum Gasteiger partial charge on any atom is 0.346 e. The zero-order valence-corrected chi connectivity index (χ0v) is 19.5. The van der Waals surface area contributed by atoms with E-state index in [2.05, 4.69) is 11.0 Å². The van der Waals surface area contributed by atoms with Gasteiger partial charge >= 0.3 is 5.97 Å². The predicted molar refractivity (Wildman–Crippen MR) is 120 cm³/mol. The minimum absolute atomic E-state index is 0.0159. The number of benzene rings is 1. The second-order valence-corrected chi connectivity index (χ2v) is 9.70. The Bertz CT molecular complexity index is 1400. The molecule has 0 aliphatic heterocycles. The third-order valence-corrected chi connectivity index (χ3v) is 6.43. The van der Waals surface area contributed by atoms with Crippen LogP contribution in [-0.2, 0) is 30.4 Å². The van der Waals surface area contributed by atoms with Gasteiger partial charge in [0.15, 0.2) is 9.84 Å². The summed E-state index contributed by atoms with van der Waals surface area (Å²) in [5, 5.41) is 13.7. The summed E-state index contributed by atoms with van der Waals surface area (Å²) in [5.74, 6) is 0.644. The van der Waals surface area contributed by atoms with Crippen LogP contribution in [0.2, 0.25) is 5.02 Å². The molecule has 0 saturated carbocycles. The fraction of sp³-hybridized carbons (Fsp3) is 0.227. The van der Waals surface area contributed by atoms with Crippen molar-refractivity contribution in [3.8, 4) is 18.2 Å². The molecule has 33 heavy (non-hydrogen) atoms. The Kier molecular flexibility index (Phi) is 6.78. The summed E-state index contributed by atoms with van der Waals surface area (Å²) in [7, 11) is -0.493. The first-order valence-corrected chi connectivity index (χ1v) is 11.8. The quantitative estimate of drug-likeness (QED) is 0.305. The number of hydrogen-bond donors (Lipinski definition) is 1. The van der Waals surface area contributed by atoms with Crippen LogP contribution in [0.5, 0.6) is 5.88 Å². The van der Waals surface area contributed by atoms with Crippen LogP contribution in [0, 0.1) is 12.3 Å². The zero-order chi connectivity index (χ0) is 24.5. The summed E-state index contributed by atoms with van der Waals surface area (Å²) in [5.41, 5.74) is 0.174. The Morgan fingerprint density at radius 3 is 2.55 bits per heavy atom. The molecule has 0 amide bonds. The van der Waals surface area contributed by atoms with Crippen LogP contribution in [0.3, 0.4) is 0 Å². The highest BCUT2D eigenvalue weighted by Gasteiger charge is 2.27. The number of aromatic nitrogens is 3. The Labute approximate surface area is 195 Å². The number of esters is 1. The summed E-state index contributed by atoms with van der Waals surface area (Å²) < 4.78 is 32.7. The first-order valence-electron chi connectivity index (χ1n) is 9.50. The van der Waals surface area contributed by atoms with E-state index in [4.69, 9.17) is 22.8 Å². The molecular formula is C22H20ClN3O6S. The van der Waals surface area contributed by atoms with Crippen LogP contribution in [0.1, 0.15) is 31.8 Å². The van der Waals surface area contributed by atoms with E-state index in [-0.39, 0.29) is 44.5 Å². The van der Waals surface area contributed by atoms with Crippen LogP contribution < -0.4 is 4.74 Å². The van der Waals surface area contributed by atoms with E-state index in [1.54, 1.807) is 30.1 Å². The van der Waals surface area contributed by atoms with E-state index in [1.165, 1.54) is 30.1 Å². The third-order valence-electron chi connectivity index (χ3n) is 4.82. The summed E-state index contributed by atoms with van der Waals surface area (Å²) >= 11 is 6.43. The molecule has 11 heteroatoms. The Hall–Kier alpha value is -3.39. The minimum Gasteiger partial charge on any atom is -0.403 e. The number of ketones is 1. The number of aliphatic hydroxyl groups excluding tert-OH is 1. The number of aliphatic hydroxyl groups is 1. The van der Waals surface area contributed by atoms with Gasteiger partial charge in [-0.3, -0.25) is 4.79 Å². The second-order valence-electron chi connectivity index (χ2n) is 7.33. The van der Waals surface area contributed by atoms with Gasteiger partial charge in [-0.15, -0.1) is 6.42 Å². The zero-order valence-electron chi connectivity index (χ0n) is 17.9. The highest BCUT2D eigenvalue weighted by atomic mass is 35.5.